The number of ether oxygens (including phenoxy) is 1. The van der Waals surface area contributed by atoms with Crippen molar-refractivity contribution >= 4 is 11.9 Å². The third-order valence-electron chi connectivity index (χ3n) is 3.57. The minimum Gasteiger partial charge on any atom is -0.460 e. The summed E-state index contributed by atoms with van der Waals surface area (Å²) in [7, 11) is 0. The van der Waals surface area contributed by atoms with Crippen LogP contribution in [0.15, 0.2) is 54.6 Å². The predicted molar refractivity (Wildman–Crippen MR) is 84.7 cm³/mol. The second-order valence-electron chi connectivity index (χ2n) is 5.21. The zero-order valence-corrected chi connectivity index (χ0v) is 13.0. The molecule has 1 atom stereocenters. The third kappa shape index (κ3) is 4.89. The van der Waals surface area contributed by atoms with E-state index in [1.165, 1.54) is 6.07 Å². The van der Waals surface area contributed by atoms with Crippen molar-refractivity contribution in [2.75, 3.05) is 0 Å². The Bertz CT molecular complexity index is 690. The van der Waals surface area contributed by atoms with Crippen LogP contribution in [-0.2, 0) is 32.2 Å². The number of halogens is 1. The Hall–Kier alpha value is -2.73. The van der Waals surface area contributed by atoms with Gasteiger partial charge in [-0.05, 0) is 30.0 Å². The smallest absolute Gasteiger partial charge is 0.338 e. The fourth-order valence-corrected chi connectivity index (χ4v) is 2.24. The van der Waals surface area contributed by atoms with Crippen molar-refractivity contribution in [1.82, 2.24) is 0 Å². The maximum absolute atomic E-state index is 13.6. The van der Waals surface area contributed by atoms with Gasteiger partial charge in [-0.2, -0.15) is 5.90 Å². The lowest BCUT2D eigenvalue weighted by Gasteiger charge is -2.14. The number of nitrogens with two attached hydrogens (primary N) is 1. The van der Waals surface area contributed by atoms with Gasteiger partial charge in [0.2, 0.25) is 0 Å². The molecule has 0 bridgehead atoms. The number of aryl methyl sites for hydroxylation is 1. The average Bonchev–Trinajstić information content (AvgIpc) is 2.62. The van der Waals surface area contributed by atoms with Gasteiger partial charge in [0.1, 0.15) is 12.4 Å². The van der Waals surface area contributed by atoms with E-state index in [0.29, 0.717) is 5.56 Å². The largest absolute Gasteiger partial charge is 0.460 e. The molecule has 2 aromatic rings. The molecular formula is C18H18FNO4. The lowest BCUT2D eigenvalue weighted by Crippen LogP contribution is -2.30. The topological polar surface area (TPSA) is 78.6 Å². The highest BCUT2D eigenvalue weighted by atomic mass is 19.1. The average molecular weight is 331 g/mol. The molecule has 0 unspecified atom stereocenters. The molecule has 0 aliphatic rings. The first-order chi connectivity index (χ1) is 11.6. The summed E-state index contributed by atoms with van der Waals surface area (Å²) in [5, 5.41) is 0. The highest BCUT2D eigenvalue weighted by Gasteiger charge is 2.29. The molecule has 0 radical (unpaired) electrons. The molecule has 0 amide bonds. The van der Waals surface area contributed by atoms with Crippen molar-refractivity contribution in [3.05, 3.63) is 71.5 Å². The van der Waals surface area contributed by atoms with E-state index in [1.54, 1.807) is 30.3 Å². The normalized spacial score (nSPS) is 11.6. The number of rotatable bonds is 7. The van der Waals surface area contributed by atoms with Crippen LogP contribution in [0.2, 0.25) is 0 Å². The Morgan fingerprint density at radius 3 is 2.33 bits per heavy atom. The molecule has 0 heterocycles. The summed E-state index contributed by atoms with van der Waals surface area (Å²) in [6.45, 7) is 0.0354. The van der Waals surface area contributed by atoms with Gasteiger partial charge in [-0.25, -0.2) is 9.18 Å². The van der Waals surface area contributed by atoms with Crippen molar-refractivity contribution < 1.29 is 23.6 Å². The molecule has 6 heteroatoms. The first kappa shape index (κ1) is 17.6. The van der Waals surface area contributed by atoms with E-state index in [2.05, 4.69) is 4.84 Å². The van der Waals surface area contributed by atoms with Gasteiger partial charge in [0, 0.05) is 0 Å². The summed E-state index contributed by atoms with van der Waals surface area (Å²) >= 11 is 0. The fraction of sp³-hybridized carbons (Fsp3) is 0.222. The lowest BCUT2D eigenvalue weighted by atomic mass is 9.99. The molecule has 0 aliphatic heterocycles. The SMILES string of the molecule is NOC(=O)[C@H](CCc1ccccc1F)C(=O)OCc1ccccc1. The molecule has 0 saturated carbocycles. The van der Waals surface area contributed by atoms with Crippen LogP contribution in [0.4, 0.5) is 4.39 Å². The number of carbonyl (C=O) groups is 2. The van der Waals surface area contributed by atoms with E-state index in [4.69, 9.17) is 10.6 Å². The van der Waals surface area contributed by atoms with Crippen molar-refractivity contribution in [2.45, 2.75) is 19.4 Å². The van der Waals surface area contributed by atoms with Gasteiger partial charge in [0.25, 0.3) is 0 Å². The molecule has 0 aliphatic carbocycles. The summed E-state index contributed by atoms with van der Waals surface area (Å²) in [4.78, 5) is 28.1. The zero-order chi connectivity index (χ0) is 17.4. The maximum Gasteiger partial charge on any atom is 0.338 e. The molecule has 2 aromatic carbocycles. The van der Waals surface area contributed by atoms with Gasteiger partial charge < -0.3 is 9.57 Å². The molecule has 0 aromatic heterocycles. The van der Waals surface area contributed by atoms with Crippen molar-refractivity contribution in [3.8, 4) is 0 Å². The van der Waals surface area contributed by atoms with E-state index in [1.807, 2.05) is 18.2 Å². The first-order valence-corrected chi connectivity index (χ1v) is 7.46. The minimum absolute atomic E-state index is 0.0354. The van der Waals surface area contributed by atoms with Gasteiger partial charge in [-0.1, -0.05) is 48.5 Å². The first-order valence-electron chi connectivity index (χ1n) is 7.46. The summed E-state index contributed by atoms with van der Waals surface area (Å²) in [6, 6.07) is 15.2. The molecule has 24 heavy (non-hydrogen) atoms. The van der Waals surface area contributed by atoms with Crippen molar-refractivity contribution in [1.29, 1.82) is 0 Å². The van der Waals surface area contributed by atoms with E-state index >= 15 is 0 Å². The van der Waals surface area contributed by atoms with Gasteiger partial charge >= 0.3 is 11.9 Å². The Labute approximate surface area is 139 Å². The zero-order valence-electron chi connectivity index (χ0n) is 13.0. The quantitative estimate of drug-likeness (QED) is 0.479. The Balaban J connectivity index is 1.98. The number of hydrogen-bond donors (Lipinski definition) is 1. The maximum atomic E-state index is 13.6. The fourth-order valence-electron chi connectivity index (χ4n) is 2.24. The standard InChI is InChI=1S/C18H18FNO4/c19-16-9-5-4-8-14(16)10-11-15(18(22)24-20)17(21)23-12-13-6-2-1-3-7-13/h1-9,15H,10-12,20H2/t15-/m1/s1. The van der Waals surface area contributed by atoms with E-state index in [0.717, 1.165) is 5.56 Å². The van der Waals surface area contributed by atoms with Crippen LogP contribution in [0.25, 0.3) is 0 Å². The highest BCUT2D eigenvalue weighted by molar-refractivity contribution is 5.94. The van der Waals surface area contributed by atoms with Crippen molar-refractivity contribution in [3.63, 3.8) is 0 Å². The molecule has 0 saturated heterocycles. The Kier molecular flexibility index (Phi) is 6.45. The molecule has 126 valence electrons. The predicted octanol–water partition coefficient (Wildman–Crippen LogP) is 2.53. The van der Waals surface area contributed by atoms with Crippen LogP contribution in [-0.4, -0.2) is 11.9 Å². The van der Waals surface area contributed by atoms with Crippen LogP contribution in [0.3, 0.4) is 0 Å². The van der Waals surface area contributed by atoms with E-state index in [-0.39, 0.29) is 19.4 Å². The van der Waals surface area contributed by atoms with Gasteiger partial charge in [-0.15, -0.1) is 0 Å². The van der Waals surface area contributed by atoms with Crippen molar-refractivity contribution in [2.24, 2.45) is 11.8 Å². The molecule has 0 fully saturated rings. The molecule has 5 nitrogen and oxygen atoms in total. The van der Waals surface area contributed by atoms with Gasteiger partial charge in [0.15, 0.2) is 5.92 Å². The van der Waals surface area contributed by atoms with E-state index < -0.39 is 23.7 Å². The summed E-state index contributed by atoms with van der Waals surface area (Å²) in [6.07, 6.45) is 0.234. The van der Waals surface area contributed by atoms with Crippen LogP contribution in [0.1, 0.15) is 17.5 Å². The Morgan fingerprint density at radius 2 is 1.67 bits per heavy atom. The van der Waals surface area contributed by atoms with Crippen LogP contribution < -0.4 is 5.90 Å². The second kappa shape index (κ2) is 8.79. The molecule has 2 rings (SSSR count). The van der Waals surface area contributed by atoms with Gasteiger partial charge in [-0.3, -0.25) is 4.79 Å². The van der Waals surface area contributed by atoms with E-state index in [9.17, 15) is 14.0 Å². The van der Waals surface area contributed by atoms with Gasteiger partial charge in [0.05, 0.1) is 0 Å². The molecular weight excluding hydrogens is 313 g/mol. The van der Waals surface area contributed by atoms with Crippen LogP contribution >= 0.6 is 0 Å². The second-order valence-corrected chi connectivity index (χ2v) is 5.21. The monoisotopic (exact) mass is 331 g/mol. The summed E-state index contributed by atoms with van der Waals surface area (Å²) in [5.74, 6) is 1.65. The molecule has 2 N–H and O–H groups in total. The minimum atomic E-state index is -1.20. The molecule has 0 spiro atoms. The van der Waals surface area contributed by atoms with Crippen LogP contribution in [0.5, 0.6) is 0 Å². The number of hydrogen-bond acceptors (Lipinski definition) is 5. The number of esters is 1. The highest BCUT2D eigenvalue weighted by Crippen LogP contribution is 2.16. The summed E-state index contributed by atoms with van der Waals surface area (Å²) < 4.78 is 18.8. The number of carbonyl (C=O) groups excluding carboxylic acids is 2. The summed E-state index contributed by atoms with van der Waals surface area (Å²) in [5.41, 5.74) is 1.20. The Morgan fingerprint density at radius 1 is 1.00 bits per heavy atom. The third-order valence-corrected chi connectivity index (χ3v) is 3.57. The van der Waals surface area contributed by atoms with Crippen LogP contribution in [0, 0.1) is 11.7 Å². The lowest BCUT2D eigenvalue weighted by molar-refractivity contribution is -0.163. The number of benzene rings is 2.